The van der Waals surface area contributed by atoms with Gasteiger partial charge in [-0.1, -0.05) is 19.9 Å². The predicted octanol–water partition coefficient (Wildman–Crippen LogP) is 1.62. The fourth-order valence-corrected chi connectivity index (χ4v) is 1.46. The molecule has 0 aliphatic carbocycles. The van der Waals surface area contributed by atoms with Crippen molar-refractivity contribution in [3.63, 3.8) is 0 Å². The lowest BCUT2D eigenvalue weighted by molar-refractivity contribution is -0.120. The highest BCUT2D eigenvalue weighted by Gasteiger charge is 2.08. The van der Waals surface area contributed by atoms with Crippen molar-refractivity contribution < 1.29 is 13.6 Å². The Hall–Kier alpha value is -1.49. The van der Waals surface area contributed by atoms with E-state index < -0.39 is 11.6 Å². The highest BCUT2D eigenvalue weighted by atomic mass is 19.1. The van der Waals surface area contributed by atoms with E-state index in [0.717, 1.165) is 12.1 Å². The van der Waals surface area contributed by atoms with Gasteiger partial charge >= 0.3 is 0 Å². The molecule has 100 valence electrons. The average molecular weight is 256 g/mol. The summed E-state index contributed by atoms with van der Waals surface area (Å²) in [5.41, 5.74) is 0.200. The maximum atomic E-state index is 13.3. The zero-order valence-electron chi connectivity index (χ0n) is 10.6. The topological polar surface area (TPSA) is 41.1 Å². The van der Waals surface area contributed by atoms with Gasteiger partial charge in [-0.25, -0.2) is 8.78 Å². The third-order valence-corrected chi connectivity index (χ3v) is 2.37. The summed E-state index contributed by atoms with van der Waals surface area (Å²) in [7, 11) is 0. The minimum absolute atomic E-state index is 0.0756. The van der Waals surface area contributed by atoms with E-state index in [9.17, 15) is 13.6 Å². The third-order valence-electron chi connectivity index (χ3n) is 2.37. The maximum absolute atomic E-state index is 13.3. The Kier molecular flexibility index (Phi) is 5.71. The van der Waals surface area contributed by atoms with E-state index in [1.54, 1.807) is 0 Å². The summed E-state index contributed by atoms with van der Waals surface area (Å²) in [4.78, 5) is 11.5. The Labute approximate surface area is 106 Å². The van der Waals surface area contributed by atoms with Crippen molar-refractivity contribution in [2.45, 2.75) is 26.3 Å². The summed E-state index contributed by atoms with van der Waals surface area (Å²) in [6, 6.07) is 3.57. The van der Waals surface area contributed by atoms with E-state index in [-0.39, 0.29) is 17.9 Å². The molecule has 1 rings (SSSR count). The number of amides is 1. The molecule has 1 aromatic carbocycles. The zero-order valence-corrected chi connectivity index (χ0v) is 10.6. The maximum Gasteiger partial charge on any atom is 0.224 e. The molecule has 5 heteroatoms. The molecule has 0 fully saturated rings. The number of hydrogen-bond acceptors (Lipinski definition) is 2. The first-order valence-corrected chi connectivity index (χ1v) is 5.93. The summed E-state index contributed by atoms with van der Waals surface area (Å²) in [6.07, 6.45) is -0.0756. The second-order valence-electron chi connectivity index (χ2n) is 4.37. The smallest absolute Gasteiger partial charge is 0.224 e. The minimum atomic E-state index is -0.689. The van der Waals surface area contributed by atoms with Crippen molar-refractivity contribution in [2.75, 3.05) is 13.1 Å². The molecule has 0 radical (unpaired) electrons. The number of carbonyl (C=O) groups excluding carboxylic acids is 1. The van der Waals surface area contributed by atoms with Crippen molar-refractivity contribution in [1.29, 1.82) is 0 Å². The predicted molar refractivity (Wildman–Crippen MR) is 66.2 cm³/mol. The van der Waals surface area contributed by atoms with Crippen LogP contribution in [0.1, 0.15) is 19.4 Å². The lowest BCUT2D eigenvalue weighted by Gasteiger charge is -2.09. The second-order valence-corrected chi connectivity index (χ2v) is 4.37. The number of carbonyl (C=O) groups is 1. The van der Waals surface area contributed by atoms with E-state index in [0.29, 0.717) is 19.1 Å². The highest BCUT2D eigenvalue weighted by Crippen LogP contribution is 2.09. The van der Waals surface area contributed by atoms with Crippen molar-refractivity contribution in [1.82, 2.24) is 10.6 Å². The Morgan fingerprint density at radius 2 is 2.00 bits per heavy atom. The number of nitrogens with one attached hydrogen (secondary N) is 2. The highest BCUT2D eigenvalue weighted by molar-refractivity contribution is 5.78. The summed E-state index contributed by atoms with van der Waals surface area (Å²) in [6.45, 7) is 5.17. The molecule has 0 aliphatic rings. The zero-order chi connectivity index (χ0) is 13.5. The van der Waals surface area contributed by atoms with Crippen LogP contribution in [-0.4, -0.2) is 25.0 Å². The molecule has 1 amide bonds. The summed E-state index contributed by atoms with van der Waals surface area (Å²) < 4.78 is 25.9. The van der Waals surface area contributed by atoms with Crippen LogP contribution in [0.4, 0.5) is 8.78 Å². The van der Waals surface area contributed by atoms with Crippen LogP contribution in [0, 0.1) is 11.6 Å². The molecule has 1 aromatic rings. The van der Waals surface area contributed by atoms with Crippen LogP contribution in [0.25, 0.3) is 0 Å². The quantitative estimate of drug-likeness (QED) is 0.759. The summed E-state index contributed by atoms with van der Waals surface area (Å²) in [5, 5.41) is 5.81. The molecule has 0 unspecified atom stereocenters. The van der Waals surface area contributed by atoms with Gasteiger partial charge in [-0.3, -0.25) is 4.79 Å². The minimum Gasteiger partial charge on any atom is -0.355 e. The molecule has 0 aliphatic heterocycles. The van der Waals surface area contributed by atoms with Crippen LogP contribution >= 0.6 is 0 Å². The first kappa shape index (κ1) is 14.6. The molecule has 0 saturated heterocycles. The van der Waals surface area contributed by atoms with E-state index >= 15 is 0 Å². The standard InChI is InChI=1S/C13H18F2N2O/c1-9(2)16-5-6-17-13(18)7-10-3-4-11(14)8-12(10)15/h3-4,8-9,16H,5-7H2,1-2H3,(H,17,18). The van der Waals surface area contributed by atoms with Crippen molar-refractivity contribution >= 4 is 5.91 Å². The van der Waals surface area contributed by atoms with E-state index in [1.807, 2.05) is 13.8 Å². The molecule has 0 aromatic heterocycles. The van der Waals surface area contributed by atoms with Crippen molar-refractivity contribution in [3.05, 3.63) is 35.4 Å². The number of rotatable bonds is 6. The van der Waals surface area contributed by atoms with Gasteiger partial charge in [0.25, 0.3) is 0 Å². The summed E-state index contributed by atoms with van der Waals surface area (Å²) >= 11 is 0. The fraction of sp³-hybridized carbons (Fsp3) is 0.462. The van der Waals surface area contributed by atoms with Crippen LogP contribution in [0.2, 0.25) is 0 Å². The van der Waals surface area contributed by atoms with Crippen LogP contribution < -0.4 is 10.6 Å². The van der Waals surface area contributed by atoms with Gasteiger partial charge in [0.05, 0.1) is 6.42 Å². The Balaban J connectivity index is 2.35. The van der Waals surface area contributed by atoms with E-state index in [4.69, 9.17) is 0 Å². The van der Waals surface area contributed by atoms with Crippen LogP contribution in [0.3, 0.4) is 0 Å². The molecular formula is C13H18F2N2O. The molecule has 0 saturated carbocycles. The van der Waals surface area contributed by atoms with Gasteiger partial charge < -0.3 is 10.6 Å². The van der Waals surface area contributed by atoms with Gasteiger partial charge in [-0.2, -0.15) is 0 Å². The molecule has 0 spiro atoms. The van der Waals surface area contributed by atoms with Crippen LogP contribution in [0.15, 0.2) is 18.2 Å². The van der Waals surface area contributed by atoms with Gasteiger partial charge in [0.15, 0.2) is 0 Å². The number of benzene rings is 1. The Morgan fingerprint density at radius 3 is 2.61 bits per heavy atom. The van der Waals surface area contributed by atoms with Crippen LogP contribution in [-0.2, 0) is 11.2 Å². The SMILES string of the molecule is CC(C)NCCNC(=O)Cc1ccc(F)cc1F. The monoisotopic (exact) mass is 256 g/mol. The number of halogens is 2. The van der Waals surface area contributed by atoms with Crippen molar-refractivity contribution in [2.24, 2.45) is 0 Å². The fourth-order valence-electron chi connectivity index (χ4n) is 1.46. The van der Waals surface area contributed by atoms with Gasteiger partial charge in [-0.15, -0.1) is 0 Å². The summed E-state index contributed by atoms with van der Waals surface area (Å²) in [5.74, 6) is -1.60. The molecular weight excluding hydrogens is 238 g/mol. The second kappa shape index (κ2) is 7.06. The molecule has 0 bridgehead atoms. The molecule has 2 N–H and O–H groups in total. The van der Waals surface area contributed by atoms with E-state index in [2.05, 4.69) is 10.6 Å². The van der Waals surface area contributed by atoms with Gasteiger partial charge in [-0.05, 0) is 11.6 Å². The molecule has 0 atom stereocenters. The lowest BCUT2D eigenvalue weighted by Crippen LogP contribution is -2.35. The molecule has 0 heterocycles. The molecule has 3 nitrogen and oxygen atoms in total. The Morgan fingerprint density at radius 1 is 1.28 bits per heavy atom. The van der Waals surface area contributed by atoms with Crippen LogP contribution in [0.5, 0.6) is 0 Å². The van der Waals surface area contributed by atoms with Crippen molar-refractivity contribution in [3.8, 4) is 0 Å². The lowest BCUT2D eigenvalue weighted by atomic mass is 10.1. The van der Waals surface area contributed by atoms with Gasteiger partial charge in [0, 0.05) is 25.2 Å². The average Bonchev–Trinajstić information content (AvgIpc) is 2.28. The van der Waals surface area contributed by atoms with E-state index in [1.165, 1.54) is 6.07 Å². The normalized spacial score (nSPS) is 10.7. The first-order chi connectivity index (χ1) is 8.49. The molecule has 18 heavy (non-hydrogen) atoms. The first-order valence-electron chi connectivity index (χ1n) is 5.93. The third kappa shape index (κ3) is 5.23. The largest absolute Gasteiger partial charge is 0.355 e. The Bertz CT molecular complexity index is 408. The number of hydrogen-bond donors (Lipinski definition) is 2. The van der Waals surface area contributed by atoms with Gasteiger partial charge in [0.1, 0.15) is 11.6 Å². The van der Waals surface area contributed by atoms with Gasteiger partial charge in [0.2, 0.25) is 5.91 Å².